The Balaban J connectivity index is 2.70. The fourth-order valence-electron chi connectivity index (χ4n) is 0.888. The molecule has 84 valence electrons. The van der Waals surface area contributed by atoms with Crippen molar-refractivity contribution in [1.82, 2.24) is 0 Å². The van der Waals surface area contributed by atoms with Crippen molar-refractivity contribution in [1.29, 1.82) is 0 Å². The molecule has 0 saturated carbocycles. The van der Waals surface area contributed by atoms with Gasteiger partial charge in [-0.3, -0.25) is 0 Å². The van der Waals surface area contributed by atoms with Gasteiger partial charge in [0.25, 0.3) is 0 Å². The zero-order valence-corrected chi connectivity index (χ0v) is 9.85. The number of benzene rings is 1. The van der Waals surface area contributed by atoms with E-state index in [1.165, 1.54) is 0 Å². The number of hydrogen-bond donors (Lipinski definition) is 2. The van der Waals surface area contributed by atoms with E-state index in [4.69, 9.17) is 33.7 Å². The van der Waals surface area contributed by atoms with Crippen LogP contribution in [0, 0.1) is 0 Å². The first-order valence-electron chi connectivity index (χ1n) is 4.45. The fourth-order valence-corrected chi connectivity index (χ4v) is 1.23. The molecule has 0 heterocycles. The van der Waals surface area contributed by atoms with E-state index in [0.717, 1.165) is 0 Å². The zero-order chi connectivity index (χ0) is 11.5. The molecule has 0 amide bonds. The second kappa shape index (κ2) is 5.03. The van der Waals surface area contributed by atoms with Gasteiger partial charge in [0, 0.05) is 6.54 Å². The molecular weight excluding hydrogens is 237 g/mol. The van der Waals surface area contributed by atoms with E-state index in [0.29, 0.717) is 15.8 Å². The summed E-state index contributed by atoms with van der Waals surface area (Å²) < 4.78 is 5.33. The van der Waals surface area contributed by atoms with Crippen LogP contribution in [0.4, 0.5) is 0 Å². The third-order valence-electron chi connectivity index (χ3n) is 1.89. The molecule has 0 saturated heterocycles. The molecule has 0 aliphatic heterocycles. The molecule has 0 spiro atoms. The molecule has 0 radical (unpaired) electrons. The minimum atomic E-state index is -1.06. The standard InChI is InChI=1S/C10H13Cl2NO2/c1-10(14,5-13)6-15-8-4-2-3-7(11)9(8)12/h2-4,14H,5-6,13H2,1H3. The van der Waals surface area contributed by atoms with Crippen molar-refractivity contribution in [2.75, 3.05) is 13.2 Å². The number of halogens is 2. The lowest BCUT2D eigenvalue weighted by atomic mass is 10.1. The smallest absolute Gasteiger partial charge is 0.139 e. The topological polar surface area (TPSA) is 55.5 Å². The number of aliphatic hydroxyl groups is 1. The number of nitrogens with two attached hydrogens (primary N) is 1. The van der Waals surface area contributed by atoms with Crippen LogP contribution < -0.4 is 10.5 Å². The van der Waals surface area contributed by atoms with Crippen LogP contribution in [0.15, 0.2) is 18.2 Å². The predicted octanol–water partition coefficient (Wildman–Crippen LogP) is 2.08. The molecule has 0 aliphatic rings. The summed E-state index contributed by atoms with van der Waals surface area (Å²) in [4.78, 5) is 0. The third-order valence-corrected chi connectivity index (χ3v) is 2.70. The van der Waals surface area contributed by atoms with Gasteiger partial charge in [0.15, 0.2) is 0 Å². The van der Waals surface area contributed by atoms with Crippen LogP contribution in [0.1, 0.15) is 6.92 Å². The predicted molar refractivity (Wildman–Crippen MR) is 61.6 cm³/mol. The quantitative estimate of drug-likeness (QED) is 0.860. The lowest BCUT2D eigenvalue weighted by Gasteiger charge is -2.21. The molecule has 1 atom stereocenters. The van der Waals surface area contributed by atoms with Gasteiger partial charge in [-0.2, -0.15) is 0 Å². The Morgan fingerprint density at radius 2 is 2.13 bits per heavy atom. The van der Waals surface area contributed by atoms with Crippen molar-refractivity contribution in [2.24, 2.45) is 5.73 Å². The Hall–Kier alpha value is -0.480. The highest BCUT2D eigenvalue weighted by Gasteiger charge is 2.19. The zero-order valence-electron chi connectivity index (χ0n) is 8.34. The van der Waals surface area contributed by atoms with E-state index in [2.05, 4.69) is 0 Å². The summed E-state index contributed by atoms with van der Waals surface area (Å²) in [7, 11) is 0. The second-order valence-corrected chi connectivity index (χ2v) is 4.33. The largest absolute Gasteiger partial charge is 0.489 e. The summed E-state index contributed by atoms with van der Waals surface area (Å²) in [6.45, 7) is 1.78. The van der Waals surface area contributed by atoms with Gasteiger partial charge in [0.05, 0.1) is 5.02 Å². The molecule has 0 fully saturated rings. The molecule has 1 rings (SSSR count). The van der Waals surface area contributed by atoms with Gasteiger partial charge in [-0.05, 0) is 19.1 Å². The maximum absolute atomic E-state index is 9.62. The first kappa shape index (κ1) is 12.6. The third kappa shape index (κ3) is 3.54. The normalized spacial score (nSPS) is 14.7. The van der Waals surface area contributed by atoms with Crippen molar-refractivity contribution in [3.05, 3.63) is 28.2 Å². The number of rotatable bonds is 4. The first-order chi connectivity index (χ1) is 6.96. The van der Waals surface area contributed by atoms with Gasteiger partial charge in [-0.1, -0.05) is 29.3 Å². The Kier molecular flexibility index (Phi) is 4.22. The molecule has 1 aromatic carbocycles. The molecule has 3 nitrogen and oxygen atoms in total. The lowest BCUT2D eigenvalue weighted by molar-refractivity contribution is 0.0196. The van der Waals surface area contributed by atoms with E-state index in [1.807, 2.05) is 0 Å². The summed E-state index contributed by atoms with van der Waals surface area (Å²) in [5, 5.41) is 10.4. The molecular formula is C10H13Cl2NO2. The molecule has 15 heavy (non-hydrogen) atoms. The number of hydrogen-bond acceptors (Lipinski definition) is 3. The molecule has 0 bridgehead atoms. The van der Waals surface area contributed by atoms with Gasteiger partial charge in [0.2, 0.25) is 0 Å². The van der Waals surface area contributed by atoms with Crippen LogP contribution in [0.25, 0.3) is 0 Å². The van der Waals surface area contributed by atoms with Gasteiger partial charge in [0.1, 0.15) is 23.0 Å². The average molecular weight is 250 g/mol. The van der Waals surface area contributed by atoms with Gasteiger partial charge in [-0.25, -0.2) is 0 Å². The highest BCUT2D eigenvalue weighted by Crippen LogP contribution is 2.31. The maximum atomic E-state index is 9.62. The maximum Gasteiger partial charge on any atom is 0.139 e. The van der Waals surface area contributed by atoms with Crippen LogP contribution in [-0.4, -0.2) is 23.9 Å². The Labute approximate surface area is 98.7 Å². The molecule has 3 N–H and O–H groups in total. The molecule has 0 aliphatic carbocycles. The van der Waals surface area contributed by atoms with E-state index >= 15 is 0 Å². The van der Waals surface area contributed by atoms with Gasteiger partial charge in [-0.15, -0.1) is 0 Å². The summed E-state index contributed by atoms with van der Waals surface area (Å²) in [6, 6.07) is 5.07. The minimum absolute atomic E-state index is 0.0730. The number of ether oxygens (including phenoxy) is 1. The molecule has 1 aromatic rings. The van der Waals surface area contributed by atoms with E-state index in [9.17, 15) is 5.11 Å². The highest BCUT2D eigenvalue weighted by molar-refractivity contribution is 6.42. The van der Waals surface area contributed by atoms with Crippen molar-refractivity contribution in [3.63, 3.8) is 0 Å². The average Bonchev–Trinajstić information content (AvgIpc) is 2.20. The summed E-state index contributed by atoms with van der Waals surface area (Å²) in [5.74, 6) is 0.442. The van der Waals surface area contributed by atoms with E-state index < -0.39 is 5.60 Å². The minimum Gasteiger partial charge on any atom is -0.489 e. The summed E-state index contributed by atoms with van der Waals surface area (Å²) >= 11 is 11.7. The van der Waals surface area contributed by atoms with Gasteiger partial charge < -0.3 is 15.6 Å². The van der Waals surface area contributed by atoms with Crippen LogP contribution in [0.5, 0.6) is 5.75 Å². The van der Waals surface area contributed by atoms with Crippen molar-refractivity contribution >= 4 is 23.2 Å². The Bertz CT molecular complexity index is 342. The molecule has 1 unspecified atom stereocenters. The molecule has 5 heteroatoms. The fraction of sp³-hybridized carbons (Fsp3) is 0.400. The highest BCUT2D eigenvalue weighted by atomic mass is 35.5. The lowest BCUT2D eigenvalue weighted by Crippen LogP contribution is -2.40. The van der Waals surface area contributed by atoms with Crippen LogP contribution in [0.3, 0.4) is 0 Å². The first-order valence-corrected chi connectivity index (χ1v) is 5.21. The van der Waals surface area contributed by atoms with E-state index in [-0.39, 0.29) is 13.2 Å². The Morgan fingerprint density at radius 1 is 1.47 bits per heavy atom. The van der Waals surface area contributed by atoms with Crippen LogP contribution >= 0.6 is 23.2 Å². The monoisotopic (exact) mass is 249 g/mol. The van der Waals surface area contributed by atoms with Crippen LogP contribution in [0.2, 0.25) is 10.0 Å². The second-order valence-electron chi connectivity index (χ2n) is 3.54. The molecule has 0 aromatic heterocycles. The summed E-state index contributed by atoms with van der Waals surface area (Å²) in [5.41, 5.74) is 4.29. The van der Waals surface area contributed by atoms with Crippen molar-refractivity contribution < 1.29 is 9.84 Å². The van der Waals surface area contributed by atoms with E-state index in [1.54, 1.807) is 25.1 Å². The Morgan fingerprint density at radius 3 is 2.73 bits per heavy atom. The summed E-state index contributed by atoms with van der Waals surface area (Å²) in [6.07, 6.45) is 0. The van der Waals surface area contributed by atoms with Crippen molar-refractivity contribution in [2.45, 2.75) is 12.5 Å². The van der Waals surface area contributed by atoms with Gasteiger partial charge >= 0.3 is 0 Å². The van der Waals surface area contributed by atoms with Crippen LogP contribution in [-0.2, 0) is 0 Å². The van der Waals surface area contributed by atoms with Crippen molar-refractivity contribution in [3.8, 4) is 5.75 Å². The SMILES string of the molecule is CC(O)(CN)COc1cccc(Cl)c1Cl.